The molecule has 28 heavy (non-hydrogen) atoms. The van der Waals surface area contributed by atoms with E-state index in [1.807, 2.05) is 0 Å². The highest BCUT2D eigenvalue weighted by Gasteiger charge is 2.27. The lowest BCUT2D eigenvalue weighted by Crippen LogP contribution is -2.38. The molecule has 0 fully saturated rings. The summed E-state index contributed by atoms with van der Waals surface area (Å²) in [6.45, 7) is -0.416. The molecule has 144 valence electrons. The number of rotatable bonds is 6. The Hall–Kier alpha value is -2.54. The third-order valence-corrected chi connectivity index (χ3v) is 6.12. The first-order valence-corrected chi connectivity index (χ1v) is 10.4. The highest BCUT2D eigenvalue weighted by Crippen LogP contribution is 2.26. The predicted octanol–water partition coefficient (Wildman–Crippen LogP) is 4.83. The van der Waals surface area contributed by atoms with Crippen molar-refractivity contribution in [1.29, 1.82) is 0 Å². The molecule has 0 unspecified atom stereocenters. The number of carbonyl (C=O) groups is 1. The quantitative estimate of drug-likeness (QED) is 0.603. The molecule has 1 amide bonds. The summed E-state index contributed by atoms with van der Waals surface area (Å²) in [6.07, 6.45) is 0. The van der Waals surface area contributed by atoms with Gasteiger partial charge in [0.05, 0.1) is 10.6 Å². The first-order chi connectivity index (χ1) is 13.4. The first kappa shape index (κ1) is 20.2. The topological polar surface area (TPSA) is 66.5 Å². The summed E-state index contributed by atoms with van der Waals surface area (Å²) in [6, 6.07) is 20.8. The summed E-state index contributed by atoms with van der Waals surface area (Å²) in [5.74, 6) is -0.498. The minimum Gasteiger partial charge on any atom is -0.325 e. The van der Waals surface area contributed by atoms with Crippen LogP contribution in [0.2, 0.25) is 10.0 Å². The molecule has 1 N–H and O–H groups in total. The maximum atomic E-state index is 13.2. The standard InChI is InChI=1S/C20H16Cl2N2O3S/c21-15-9-11-17(12-10-15)23-20(25)14-24(18-6-4-5-16(22)13-18)28(26,27)19-7-2-1-3-8-19/h1-13H,14H2,(H,23,25). The summed E-state index contributed by atoms with van der Waals surface area (Å²) >= 11 is 11.9. The van der Waals surface area contributed by atoms with Crippen molar-refractivity contribution >= 4 is 50.5 Å². The number of anilines is 2. The average molecular weight is 435 g/mol. The number of nitrogens with one attached hydrogen (secondary N) is 1. The van der Waals surface area contributed by atoms with Gasteiger partial charge in [-0.1, -0.05) is 47.5 Å². The van der Waals surface area contributed by atoms with Crippen LogP contribution in [0.3, 0.4) is 0 Å². The molecule has 0 heterocycles. The van der Waals surface area contributed by atoms with Crippen LogP contribution >= 0.6 is 23.2 Å². The minimum absolute atomic E-state index is 0.0780. The van der Waals surface area contributed by atoms with Gasteiger partial charge in [-0.3, -0.25) is 9.10 Å². The number of hydrogen-bond donors (Lipinski definition) is 1. The fraction of sp³-hybridized carbons (Fsp3) is 0.0500. The van der Waals surface area contributed by atoms with Gasteiger partial charge in [0.2, 0.25) is 5.91 Å². The van der Waals surface area contributed by atoms with Crippen LogP contribution in [-0.2, 0) is 14.8 Å². The second-order valence-electron chi connectivity index (χ2n) is 5.86. The molecule has 0 aliphatic heterocycles. The van der Waals surface area contributed by atoms with Gasteiger partial charge >= 0.3 is 0 Å². The van der Waals surface area contributed by atoms with Crippen molar-refractivity contribution in [2.45, 2.75) is 4.90 Å². The molecule has 0 aliphatic rings. The maximum Gasteiger partial charge on any atom is 0.264 e. The first-order valence-electron chi connectivity index (χ1n) is 8.25. The molecule has 8 heteroatoms. The SMILES string of the molecule is O=C(CN(c1cccc(Cl)c1)S(=O)(=O)c1ccccc1)Nc1ccc(Cl)cc1. The lowest BCUT2D eigenvalue weighted by molar-refractivity contribution is -0.114. The van der Waals surface area contributed by atoms with Crippen molar-refractivity contribution in [3.8, 4) is 0 Å². The van der Waals surface area contributed by atoms with Gasteiger partial charge < -0.3 is 5.32 Å². The molecule has 0 bridgehead atoms. The number of benzene rings is 3. The Morgan fingerprint density at radius 3 is 2.18 bits per heavy atom. The smallest absolute Gasteiger partial charge is 0.264 e. The van der Waals surface area contributed by atoms with Gasteiger partial charge in [0.1, 0.15) is 6.54 Å². The third kappa shape index (κ3) is 4.84. The van der Waals surface area contributed by atoms with E-state index in [2.05, 4.69) is 5.32 Å². The third-order valence-electron chi connectivity index (χ3n) is 3.84. The second-order valence-corrected chi connectivity index (χ2v) is 8.59. The molecule has 3 aromatic rings. The van der Waals surface area contributed by atoms with Gasteiger partial charge in [-0.2, -0.15) is 0 Å². The largest absolute Gasteiger partial charge is 0.325 e. The van der Waals surface area contributed by atoms with Crippen molar-refractivity contribution in [2.24, 2.45) is 0 Å². The van der Waals surface area contributed by atoms with E-state index in [-0.39, 0.29) is 4.90 Å². The Labute approximate surface area is 173 Å². The van der Waals surface area contributed by atoms with Gasteiger partial charge in [-0.05, 0) is 54.6 Å². The molecule has 0 saturated heterocycles. The van der Waals surface area contributed by atoms with E-state index in [1.54, 1.807) is 60.7 Å². The van der Waals surface area contributed by atoms with Crippen LogP contribution < -0.4 is 9.62 Å². The number of hydrogen-bond acceptors (Lipinski definition) is 3. The Morgan fingerprint density at radius 1 is 0.857 bits per heavy atom. The molecule has 0 aromatic heterocycles. The minimum atomic E-state index is -3.97. The van der Waals surface area contributed by atoms with Crippen molar-refractivity contribution in [3.05, 3.63) is 88.9 Å². The fourth-order valence-electron chi connectivity index (χ4n) is 2.53. The summed E-state index contributed by atoms with van der Waals surface area (Å²) < 4.78 is 27.4. The molecular formula is C20H16Cl2N2O3S. The van der Waals surface area contributed by atoms with Gasteiger partial charge in [-0.25, -0.2) is 8.42 Å². The van der Waals surface area contributed by atoms with Crippen LogP contribution in [0.15, 0.2) is 83.8 Å². The number of sulfonamides is 1. The molecule has 0 saturated carbocycles. The zero-order valence-corrected chi connectivity index (χ0v) is 16.9. The summed E-state index contributed by atoms with van der Waals surface area (Å²) in [4.78, 5) is 12.6. The van der Waals surface area contributed by atoms with Crippen LogP contribution in [0.4, 0.5) is 11.4 Å². The van der Waals surface area contributed by atoms with Gasteiger partial charge in [0.25, 0.3) is 10.0 Å². The summed E-state index contributed by atoms with van der Waals surface area (Å²) in [5.41, 5.74) is 0.806. The maximum absolute atomic E-state index is 13.2. The molecule has 0 radical (unpaired) electrons. The number of amides is 1. The van der Waals surface area contributed by atoms with Gasteiger partial charge in [-0.15, -0.1) is 0 Å². The van der Waals surface area contributed by atoms with Crippen molar-refractivity contribution in [2.75, 3.05) is 16.2 Å². The Balaban J connectivity index is 1.92. The van der Waals surface area contributed by atoms with Crippen LogP contribution in [-0.4, -0.2) is 20.9 Å². The van der Waals surface area contributed by atoms with E-state index in [4.69, 9.17) is 23.2 Å². The average Bonchev–Trinajstić information content (AvgIpc) is 2.68. The van der Waals surface area contributed by atoms with Gasteiger partial charge in [0, 0.05) is 15.7 Å². The zero-order valence-electron chi connectivity index (χ0n) is 14.5. The lowest BCUT2D eigenvalue weighted by Gasteiger charge is -2.24. The van der Waals surface area contributed by atoms with Crippen molar-refractivity contribution in [3.63, 3.8) is 0 Å². The second kappa shape index (κ2) is 8.65. The highest BCUT2D eigenvalue weighted by atomic mass is 35.5. The molecule has 0 aliphatic carbocycles. The van der Waals surface area contributed by atoms with E-state index in [0.717, 1.165) is 4.31 Å². The van der Waals surface area contributed by atoms with Gasteiger partial charge in [0.15, 0.2) is 0 Å². The van der Waals surface area contributed by atoms with Crippen LogP contribution in [0.1, 0.15) is 0 Å². The molecular weight excluding hydrogens is 419 g/mol. The fourth-order valence-corrected chi connectivity index (χ4v) is 4.27. The molecule has 0 atom stereocenters. The Morgan fingerprint density at radius 2 is 1.54 bits per heavy atom. The van der Waals surface area contributed by atoms with Crippen molar-refractivity contribution in [1.82, 2.24) is 0 Å². The van der Waals surface area contributed by atoms with E-state index < -0.39 is 22.5 Å². The molecule has 5 nitrogen and oxygen atoms in total. The van der Waals surface area contributed by atoms with E-state index in [1.165, 1.54) is 18.2 Å². The van der Waals surface area contributed by atoms with Crippen LogP contribution in [0, 0.1) is 0 Å². The van der Waals surface area contributed by atoms with Crippen molar-refractivity contribution < 1.29 is 13.2 Å². The Kier molecular flexibility index (Phi) is 6.24. The highest BCUT2D eigenvalue weighted by molar-refractivity contribution is 7.92. The number of nitrogens with zero attached hydrogens (tertiary/aromatic N) is 1. The van der Waals surface area contributed by atoms with Crippen LogP contribution in [0.25, 0.3) is 0 Å². The van der Waals surface area contributed by atoms with E-state index in [9.17, 15) is 13.2 Å². The Bertz CT molecular complexity index is 1070. The predicted molar refractivity (Wildman–Crippen MR) is 113 cm³/mol. The number of halogens is 2. The number of carbonyl (C=O) groups excluding carboxylic acids is 1. The summed E-state index contributed by atoms with van der Waals surface area (Å²) in [5, 5.41) is 3.57. The van der Waals surface area contributed by atoms with Crippen LogP contribution in [0.5, 0.6) is 0 Å². The van der Waals surface area contributed by atoms with E-state index in [0.29, 0.717) is 21.4 Å². The summed E-state index contributed by atoms with van der Waals surface area (Å²) in [7, 11) is -3.97. The monoisotopic (exact) mass is 434 g/mol. The lowest BCUT2D eigenvalue weighted by atomic mass is 10.3. The van der Waals surface area contributed by atoms with E-state index >= 15 is 0 Å². The molecule has 3 aromatic carbocycles. The zero-order chi connectivity index (χ0) is 20.1. The molecule has 0 spiro atoms. The normalized spacial score (nSPS) is 11.1. The molecule has 3 rings (SSSR count).